The lowest BCUT2D eigenvalue weighted by atomic mass is 10.0. The van der Waals surface area contributed by atoms with Crippen molar-refractivity contribution in [3.8, 4) is 0 Å². The normalized spacial score (nSPS) is 12.0. The fourth-order valence-electron chi connectivity index (χ4n) is 3.63. The van der Waals surface area contributed by atoms with E-state index >= 15 is 0 Å². The first-order chi connectivity index (χ1) is 16.0. The van der Waals surface area contributed by atoms with Gasteiger partial charge in [0.1, 0.15) is 12.8 Å². The molecule has 2 N–H and O–H groups in total. The Morgan fingerprint density at radius 3 is 2.70 bits per heavy atom. The Morgan fingerprint density at radius 1 is 1.18 bits per heavy atom. The highest BCUT2D eigenvalue weighted by Gasteiger charge is 2.15. The molecule has 33 heavy (non-hydrogen) atoms. The molecule has 1 unspecified atom stereocenters. The lowest BCUT2D eigenvalue weighted by molar-refractivity contribution is -0.116. The van der Waals surface area contributed by atoms with Gasteiger partial charge in [-0.25, -0.2) is 0 Å². The van der Waals surface area contributed by atoms with Crippen LogP contribution in [0.1, 0.15) is 74.7 Å². The molecule has 0 aromatic heterocycles. The van der Waals surface area contributed by atoms with Gasteiger partial charge in [-0.3, -0.25) is 14.5 Å². The van der Waals surface area contributed by atoms with Gasteiger partial charge in [0, 0.05) is 42.4 Å². The summed E-state index contributed by atoms with van der Waals surface area (Å²) in [6.07, 6.45) is 7.47. The number of unbranched alkanes of at least 4 members (excludes halogenated alkanes) is 3. The molecular weight excluding hydrogens is 420 g/mol. The highest BCUT2D eigenvalue weighted by atomic mass is 16.5. The van der Waals surface area contributed by atoms with Crippen LogP contribution in [-0.4, -0.2) is 63.0 Å². The monoisotopic (exact) mass is 462 g/mol. The Morgan fingerprint density at radius 2 is 1.97 bits per heavy atom. The zero-order valence-electron chi connectivity index (χ0n) is 20.6. The van der Waals surface area contributed by atoms with E-state index in [9.17, 15) is 14.5 Å². The van der Waals surface area contributed by atoms with Gasteiger partial charge in [-0.05, 0) is 45.8 Å². The Balaban J connectivity index is 2.34. The maximum atomic E-state index is 12.5. The predicted octanol–water partition coefficient (Wildman–Crippen LogP) is 4.38. The third-order valence-electron chi connectivity index (χ3n) is 5.74. The quantitative estimate of drug-likeness (QED) is 0.169. The van der Waals surface area contributed by atoms with E-state index in [1.165, 1.54) is 0 Å². The second-order valence-electron chi connectivity index (χ2n) is 8.47. The SMILES string of the molecule is CCCC(C)N(C)Cc1c(C=O)cccc1NC(=O)CCCCCCNCCOCCN=O. The first-order valence-corrected chi connectivity index (χ1v) is 12.2. The fraction of sp³-hybridized carbons (Fsp3) is 0.680. The van der Waals surface area contributed by atoms with Crippen LogP contribution in [0.15, 0.2) is 23.4 Å². The summed E-state index contributed by atoms with van der Waals surface area (Å²) in [5, 5.41) is 9.06. The summed E-state index contributed by atoms with van der Waals surface area (Å²) >= 11 is 0. The van der Waals surface area contributed by atoms with Gasteiger partial charge < -0.3 is 15.4 Å². The summed E-state index contributed by atoms with van der Waals surface area (Å²) in [6, 6.07) is 5.90. The second-order valence-corrected chi connectivity index (χ2v) is 8.47. The number of aldehydes is 1. The number of carbonyl (C=O) groups excluding carboxylic acids is 2. The summed E-state index contributed by atoms with van der Waals surface area (Å²) < 4.78 is 5.24. The van der Waals surface area contributed by atoms with Gasteiger partial charge in [0.25, 0.3) is 0 Å². The van der Waals surface area contributed by atoms with Crippen molar-refractivity contribution < 1.29 is 14.3 Å². The third kappa shape index (κ3) is 12.6. The number of nitroso groups, excluding NO2 is 1. The molecule has 0 saturated carbocycles. The largest absolute Gasteiger partial charge is 0.378 e. The minimum atomic E-state index is -0.0105. The van der Waals surface area contributed by atoms with Gasteiger partial charge in [0.2, 0.25) is 5.91 Å². The van der Waals surface area contributed by atoms with Gasteiger partial charge in [-0.1, -0.05) is 43.5 Å². The Hall–Kier alpha value is -2.16. The van der Waals surface area contributed by atoms with E-state index in [1.807, 2.05) is 12.1 Å². The van der Waals surface area contributed by atoms with Crippen LogP contribution in [0, 0.1) is 4.91 Å². The van der Waals surface area contributed by atoms with E-state index < -0.39 is 0 Å². The van der Waals surface area contributed by atoms with Crippen molar-refractivity contribution in [3.63, 3.8) is 0 Å². The topological polar surface area (TPSA) is 100 Å². The van der Waals surface area contributed by atoms with Crippen LogP contribution in [0.5, 0.6) is 0 Å². The van der Waals surface area contributed by atoms with Crippen LogP contribution in [0.2, 0.25) is 0 Å². The highest BCUT2D eigenvalue weighted by molar-refractivity contribution is 5.93. The minimum absolute atomic E-state index is 0.0105. The number of nitrogens with one attached hydrogen (secondary N) is 2. The average molecular weight is 463 g/mol. The van der Waals surface area contributed by atoms with Gasteiger partial charge in [0.05, 0.1) is 13.2 Å². The number of carbonyl (C=O) groups is 2. The Bertz CT molecular complexity index is 699. The molecule has 0 heterocycles. The van der Waals surface area contributed by atoms with Gasteiger partial charge in [0.15, 0.2) is 0 Å². The number of anilines is 1. The summed E-state index contributed by atoms with van der Waals surface area (Å²) in [5.41, 5.74) is 2.24. The standard InChI is InChI=1S/C25H42N4O4/c1-4-10-21(2)29(3)19-23-22(20-30)11-9-12-24(23)28-25(31)13-7-5-6-8-14-26-15-17-33-18-16-27-32/h9,11-12,20-21,26H,4-8,10,13-19H2,1-3H3,(H,28,31). The molecule has 1 aromatic rings. The molecule has 186 valence electrons. The number of nitrogens with zero attached hydrogens (tertiary/aromatic N) is 2. The second kappa shape index (κ2) is 18.3. The Kier molecular flexibility index (Phi) is 16.0. The van der Waals surface area contributed by atoms with Crippen LogP contribution in [-0.2, 0) is 16.1 Å². The van der Waals surface area contributed by atoms with Crippen LogP contribution < -0.4 is 10.6 Å². The lowest BCUT2D eigenvalue weighted by Gasteiger charge is -2.26. The van der Waals surface area contributed by atoms with E-state index in [0.717, 1.165) is 69.2 Å². The van der Waals surface area contributed by atoms with Crippen molar-refractivity contribution in [2.24, 2.45) is 5.18 Å². The molecule has 0 saturated heterocycles. The summed E-state index contributed by atoms with van der Waals surface area (Å²) in [5.74, 6) is -0.0105. The highest BCUT2D eigenvalue weighted by Crippen LogP contribution is 2.23. The van der Waals surface area contributed by atoms with Crippen molar-refractivity contribution in [2.75, 3.05) is 45.2 Å². The molecule has 0 radical (unpaired) electrons. The number of benzene rings is 1. The number of hydrogen-bond acceptors (Lipinski definition) is 7. The maximum absolute atomic E-state index is 12.5. The molecule has 0 fully saturated rings. The molecule has 0 aliphatic rings. The minimum Gasteiger partial charge on any atom is -0.378 e. The van der Waals surface area contributed by atoms with Crippen LogP contribution in [0.3, 0.4) is 0 Å². The first-order valence-electron chi connectivity index (χ1n) is 12.2. The fourth-order valence-corrected chi connectivity index (χ4v) is 3.63. The molecule has 0 bridgehead atoms. The number of amides is 1. The number of ether oxygens (including phenoxy) is 1. The average Bonchev–Trinajstić information content (AvgIpc) is 2.80. The predicted molar refractivity (Wildman–Crippen MR) is 134 cm³/mol. The van der Waals surface area contributed by atoms with E-state index in [4.69, 9.17) is 4.74 Å². The molecule has 1 aromatic carbocycles. The molecule has 0 spiro atoms. The third-order valence-corrected chi connectivity index (χ3v) is 5.74. The molecule has 1 rings (SSSR count). The summed E-state index contributed by atoms with van der Waals surface area (Å²) in [7, 11) is 2.06. The lowest BCUT2D eigenvalue weighted by Crippen LogP contribution is -2.29. The van der Waals surface area contributed by atoms with Crippen molar-refractivity contribution in [2.45, 2.75) is 71.4 Å². The number of hydrogen-bond donors (Lipinski definition) is 2. The van der Waals surface area contributed by atoms with E-state index in [0.29, 0.717) is 37.8 Å². The number of rotatable bonds is 20. The zero-order valence-corrected chi connectivity index (χ0v) is 20.6. The molecule has 0 aliphatic heterocycles. The molecule has 8 heteroatoms. The molecular formula is C25H42N4O4. The van der Waals surface area contributed by atoms with Crippen LogP contribution in [0.25, 0.3) is 0 Å². The van der Waals surface area contributed by atoms with Crippen LogP contribution >= 0.6 is 0 Å². The zero-order chi connectivity index (χ0) is 24.3. The molecule has 8 nitrogen and oxygen atoms in total. The van der Waals surface area contributed by atoms with Gasteiger partial charge >= 0.3 is 0 Å². The smallest absolute Gasteiger partial charge is 0.224 e. The van der Waals surface area contributed by atoms with E-state index in [1.54, 1.807) is 6.07 Å². The van der Waals surface area contributed by atoms with Crippen molar-refractivity contribution in [1.82, 2.24) is 10.2 Å². The molecule has 1 amide bonds. The maximum Gasteiger partial charge on any atom is 0.224 e. The van der Waals surface area contributed by atoms with E-state index in [-0.39, 0.29) is 12.5 Å². The summed E-state index contributed by atoms with van der Waals surface area (Å²) in [6.45, 7) is 7.80. The molecule has 1 atom stereocenters. The van der Waals surface area contributed by atoms with Crippen molar-refractivity contribution >= 4 is 17.9 Å². The summed E-state index contributed by atoms with van der Waals surface area (Å²) in [4.78, 5) is 36.2. The van der Waals surface area contributed by atoms with Crippen LogP contribution in [0.4, 0.5) is 5.69 Å². The Labute approximate surface area is 198 Å². The van der Waals surface area contributed by atoms with Gasteiger partial charge in [-0.15, -0.1) is 0 Å². The van der Waals surface area contributed by atoms with E-state index in [2.05, 4.69) is 41.6 Å². The van der Waals surface area contributed by atoms with Crippen molar-refractivity contribution in [1.29, 1.82) is 0 Å². The molecule has 0 aliphatic carbocycles. The first kappa shape index (κ1) is 28.9. The van der Waals surface area contributed by atoms with Crippen molar-refractivity contribution in [3.05, 3.63) is 34.2 Å². The van der Waals surface area contributed by atoms with Gasteiger partial charge in [-0.2, -0.15) is 4.91 Å².